The van der Waals surface area contributed by atoms with Crippen LogP contribution < -0.4 is 10.6 Å². The summed E-state index contributed by atoms with van der Waals surface area (Å²) < 4.78 is 1.79. The van der Waals surface area contributed by atoms with Gasteiger partial charge in [-0.25, -0.2) is 4.99 Å². The summed E-state index contributed by atoms with van der Waals surface area (Å²) in [6.07, 6.45) is 1.75. The third-order valence-corrected chi connectivity index (χ3v) is 4.65. The number of nitrogens with one attached hydrogen (secondary N) is 2. The van der Waals surface area contributed by atoms with Gasteiger partial charge in [0, 0.05) is 44.5 Å². The summed E-state index contributed by atoms with van der Waals surface area (Å²) in [6, 6.07) is 12.2. The van der Waals surface area contributed by atoms with Crippen LogP contribution in [0.3, 0.4) is 0 Å². The molecule has 2 rings (SSSR count). The standard InChI is InChI=1S/C18H26N6OS/c1-23(2)17(25)14-21-18(20-13-15-9-10-22-24(15)3)19-11-12-26-16-7-5-4-6-8-16/h4-10H,11-14H2,1-3H3,(H2,19,20,21). The van der Waals surface area contributed by atoms with Crippen LogP contribution in [0.25, 0.3) is 0 Å². The predicted octanol–water partition coefficient (Wildman–Crippen LogP) is 1.34. The maximum Gasteiger partial charge on any atom is 0.241 e. The Morgan fingerprint density at radius 1 is 1.23 bits per heavy atom. The fraction of sp³-hybridized carbons (Fsp3) is 0.389. The highest BCUT2D eigenvalue weighted by atomic mass is 32.2. The van der Waals surface area contributed by atoms with E-state index in [9.17, 15) is 4.79 Å². The minimum Gasteiger partial charge on any atom is -0.356 e. The van der Waals surface area contributed by atoms with Gasteiger partial charge in [0.15, 0.2) is 5.96 Å². The Morgan fingerprint density at radius 3 is 2.65 bits per heavy atom. The van der Waals surface area contributed by atoms with Crippen molar-refractivity contribution < 1.29 is 4.79 Å². The lowest BCUT2D eigenvalue weighted by Crippen LogP contribution is -2.43. The largest absolute Gasteiger partial charge is 0.356 e. The molecule has 0 saturated heterocycles. The Morgan fingerprint density at radius 2 is 2.00 bits per heavy atom. The molecule has 0 aliphatic heterocycles. The number of nitrogens with zero attached hydrogens (tertiary/aromatic N) is 4. The third-order valence-electron chi connectivity index (χ3n) is 3.63. The molecule has 1 heterocycles. The van der Waals surface area contributed by atoms with E-state index in [-0.39, 0.29) is 12.5 Å². The van der Waals surface area contributed by atoms with Crippen LogP contribution in [0, 0.1) is 0 Å². The molecule has 2 aromatic rings. The number of likely N-dealkylation sites (N-methyl/N-ethyl adjacent to an activating group) is 1. The molecule has 0 saturated carbocycles. The number of aliphatic imine (C=N–C) groups is 1. The molecule has 0 fully saturated rings. The fourth-order valence-corrected chi connectivity index (χ4v) is 2.85. The first-order valence-electron chi connectivity index (χ1n) is 8.43. The zero-order chi connectivity index (χ0) is 18.8. The van der Waals surface area contributed by atoms with E-state index >= 15 is 0 Å². The van der Waals surface area contributed by atoms with Crippen LogP contribution in [0.15, 0.2) is 52.5 Å². The van der Waals surface area contributed by atoms with Crippen molar-refractivity contribution in [2.75, 3.05) is 32.9 Å². The number of guanidine groups is 1. The summed E-state index contributed by atoms with van der Waals surface area (Å²) >= 11 is 1.78. The molecule has 0 atom stereocenters. The van der Waals surface area contributed by atoms with Crippen molar-refractivity contribution in [1.29, 1.82) is 0 Å². The Labute approximate surface area is 158 Å². The van der Waals surface area contributed by atoms with Gasteiger partial charge in [0.05, 0.1) is 18.8 Å². The van der Waals surface area contributed by atoms with E-state index < -0.39 is 0 Å². The first kappa shape index (κ1) is 19.8. The number of benzene rings is 1. The Kier molecular flexibility index (Phi) is 8.01. The van der Waals surface area contributed by atoms with E-state index in [1.54, 1.807) is 41.6 Å². The van der Waals surface area contributed by atoms with Crippen molar-refractivity contribution >= 4 is 23.6 Å². The summed E-state index contributed by atoms with van der Waals surface area (Å²) in [5, 5.41) is 10.5. The minimum atomic E-state index is -0.00121. The van der Waals surface area contributed by atoms with E-state index in [1.165, 1.54) is 4.90 Å². The summed E-state index contributed by atoms with van der Waals surface area (Å²) in [4.78, 5) is 19.2. The van der Waals surface area contributed by atoms with E-state index in [2.05, 4.69) is 32.9 Å². The monoisotopic (exact) mass is 374 g/mol. The molecule has 26 heavy (non-hydrogen) atoms. The summed E-state index contributed by atoms with van der Waals surface area (Å²) in [7, 11) is 5.36. The Hall–Kier alpha value is -2.48. The van der Waals surface area contributed by atoms with Gasteiger partial charge in [0.25, 0.3) is 0 Å². The van der Waals surface area contributed by atoms with Crippen molar-refractivity contribution in [3.63, 3.8) is 0 Å². The minimum absolute atomic E-state index is 0.00121. The van der Waals surface area contributed by atoms with Crippen molar-refractivity contribution in [3.8, 4) is 0 Å². The molecular formula is C18H26N6OS. The topological polar surface area (TPSA) is 74.5 Å². The van der Waals surface area contributed by atoms with Crippen molar-refractivity contribution in [1.82, 2.24) is 25.3 Å². The number of thioether (sulfide) groups is 1. The lowest BCUT2D eigenvalue weighted by Gasteiger charge is -2.15. The van der Waals surface area contributed by atoms with Gasteiger partial charge in [-0.3, -0.25) is 9.48 Å². The lowest BCUT2D eigenvalue weighted by atomic mass is 10.4. The van der Waals surface area contributed by atoms with E-state index in [1.807, 2.05) is 31.3 Å². The molecule has 0 unspecified atom stereocenters. The molecule has 0 spiro atoms. The number of aryl methyl sites for hydroxylation is 1. The summed E-state index contributed by atoms with van der Waals surface area (Å²) in [5.41, 5.74) is 1.00. The van der Waals surface area contributed by atoms with Gasteiger partial charge in [-0.15, -0.1) is 11.8 Å². The lowest BCUT2D eigenvalue weighted by molar-refractivity contribution is -0.127. The number of carbonyl (C=O) groups excluding carboxylic acids is 1. The zero-order valence-corrected chi connectivity index (χ0v) is 16.3. The van der Waals surface area contributed by atoms with Crippen LogP contribution in [-0.2, 0) is 18.4 Å². The molecule has 8 heteroatoms. The number of amides is 1. The van der Waals surface area contributed by atoms with E-state index in [4.69, 9.17) is 0 Å². The van der Waals surface area contributed by atoms with E-state index in [0.717, 1.165) is 18.0 Å². The fourth-order valence-electron chi connectivity index (χ4n) is 2.06. The van der Waals surface area contributed by atoms with Crippen LogP contribution >= 0.6 is 11.8 Å². The number of carbonyl (C=O) groups is 1. The maximum atomic E-state index is 11.8. The average Bonchev–Trinajstić information content (AvgIpc) is 3.05. The first-order chi connectivity index (χ1) is 12.6. The van der Waals surface area contributed by atoms with Crippen molar-refractivity contribution in [2.24, 2.45) is 12.0 Å². The second-order valence-electron chi connectivity index (χ2n) is 5.84. The smallest absolute Gasteiger partial charge is 0.241 e. The number of hydrogen-bond donors (Lipinski definition) is 2. The highest BCUT2D eigenvalue weighted by molar-refractivity contribution is 7.99. The number of rotatable bonds is 8. The summed E-state index contributed by atoms with van der Waals surface area (Å²) in [6.45, 7) is 1.44. The van der Waals surface area contributed by atoms with Gasteiger partial charge in [-0.2, -0.15) is 5.10 Å². The highest BCUT2D eigenvalue weighted by Gasteiger charge is 2.06. The molecule has 0 radical (unpaired) electrons. The van der Waals surface area contributed by atoms with Crippen LogP contribution in [-0.4, -0.2) is 59.5 Å². The van der Waals surface area contributed by atoms with Gasteiger partial charge in [0.1, 0.15) is 0 Å². The van der Waals surface area contributed by atoms with E-state index in [0.29, 0.717) is 12.5 Å². The highest BCUT2D eigenvalue weighted by Crippen LogP contribution is 2.15. The van der Waals surface area contributed by atoms with Crippen LogP contribution in [0.1, 0.15) is 5.69 Å². The second kappa shape index (κ2) is 10.5. The molecule has 0 aliphatic rings. The second-order valence-corrected chi connectivity index (χ2v) is 7.01. The average molecular weight is 375 g/mol. The normalized spacial score (nSPS) is 11.3. The quantitative estimate of drug-likeness (QED) is 0.316. The molecule has 2 N–H and O–H groups in total. The predicted molar refractivity (Wildman–Crippen MR) is 106 cm³/mol. The summed E-state index contributed by atoms with van der Waals surface area (Å²) in [5.74, 6) is 1.52. The third kappa shape index (κ3) is 6.79. The molecule has 0 aliphatic carbocycles. The number of aromatic nitrogens is 2. The van der Waals surface area contributed by atoms with Crippen molar-refractivity contribution in [3.05, 3.63) is 48.3 Å². The molecule has 7 nitrogen and oxygen atoms in total. The van der Waals surface area contributed by atoms with Gasteiger partial charge in [-0.05, 0) is 18.2 Å². The van der Waals surface area contributed by atoms with Gasteiger partial charge in [0.2, 0.25) is 5.91 Å². The van der Waals surface area contributed by atoms with Gasteiger partial charge < -0.3 is 15.5 Å². The van der Waals surface area contributed by atoms with Crippen LogP contribution in [0.4, 0.5) is 0 Å². The molecule has 1 amide bonds. The molecule has 1 aromatic heterocycles. The SMILES string of the molecule is CN(C)C(=O)CNC(=NCc1ccnn1C)NCCSc1ccccc1. The molecule has 0 bridgehead atoms. The molecule has 140 valence electrons. The van der Waals surface area contributed by atoms with Crippen LogP contribution in [0.2, 0.25) is 0 Å². The number of hydrogen-bond acceptors (Lipinski definition) is 4. The van der Waals surface area contributed by atoms with Crippen LogP contribution in [0.5, 0.6) is 0 Å². The Balaban J connectivity index is 1.86. The first-order valence-corrected chi connectivity index (χ1v) is 9.42. The maximum absolute atomic E-state index is 11.8. The molecule has 1 aromatic carbocycles. The molecular weight excluding hydrogens is 348 g/mol. The Bertz CT molecular complexity index is 713. The van der Waals surface area contributed by atoms with Gasteiger partial charge >= 0.3 is 0 Å². The van der Waals surface area contributed by atoms with Gasteiger partial charge in [-0.1, -0.05) is 18.2 Å². The zero-order valence-electron chi connectivity index (χ0n) is 15.5. The van der Waals surface area contributed by atoms with Crippen molar-refractivity contribution in [2.45, 2.75) is 11.4 Å².